The van der Waals surface area contributed by atoms with Crippen molar-refractivity contribution in [1.82, 2.24) is 10.2 Å². The van der Waals surface area contributed by atoms with Gasteiger partial charge in [0.1, 0.15) is 0 Å². The fraction of sp³-hybridized carbons (Fsp3) is 0.588. The van der Waals surface area contributed by atoms with Crippen molar-refractivity contribution in [3.05, 3.63) is 34.3 Å². The van der Waals surface area contributed by atoms with E-state index in [4.69, 9.17) is 11.6 Å². The Balaban J connectivity index is 2.23. The molecule has 2 atom stereocenters. The van der Waals surface area contributed by atoms with Gasteiger partial charge < -0.3 is 4.90 Å². The van der Waals surface area contributed by atoms with E-state index in [1.165, 1.54) is 11.1 Å². The van der Waals surface area contributed by atoms with E-state index in [1.54, 1.807) is 4.90 Å². The van der Waals surface area contributed by atoms with Crippen LogP contribution < -0.4 is 5.32 Å². The van der Waals surface area contributed by atoms with Crippen molar-refractivity contribution in [3.63, 3.8) is 0 Å². The lowest BCUT2D eigenvalue weighted by atomic mass is 9.85. The summed E-state index contributed by atoms with van der Waals surface area (Å²) >= 11 is 6.15. The number of fused-ring (bicyclic) bond motifs is 1. The maximum absolute atomic E-state index is 12.3. The molecule has 0 bridgehead atoms. The Kier molecular flexibility index (Phi) is 4.64. The standard InChI is InChI=1S/C17H25ClN2O/c1-6-20(5)16(21)11(2)19-15-14-9-13(18)8-7-12(14)10-17(15,3)4/h7-9,11,15,19H,6,10H2,1-5H3. The summed E-state index contributed by atoms with van der Waals surface area (Å²) in [5, 5.41) is 4.27. The van der Waals surface area contributed by atoms with Gasteiger partial charge in [0.25, 0.3) is 0 Å². The van der Waals surface area contributed by atoms with Gasteiger partial charge >= 0.3 is 0 Å². The van der Waals surface area contributed by atoms with E-state index < -0.39 is 0 Å². The highest BCUT2D eigenvalue weighted by molar-refractivity contribution is 6.30. The molecule has 0 radical (unpaired) electrons. The van der Waals surface area contributed by atoms with Crippen molar-refractivity contribution in [2.24, 2.45) is 5.41 Å². The van der Waals surface area contributed by atoms with Gasteiger partial charge in [-0.1, -0.05) is 31.5 Å². The lowest BCUT2D eigenvalue weighted by molar-refractivity contribution is -0.131. The van der Waals surface area contributed by atoms with Gasteiger partial charge in [-0.05, 0) is 48.9 Å². The lowest BCUT2D eigenvalue weighted by Crippen LogP contribution is -2.46. The van der Waals surface area contributed by atoms with E-state index in [2.05, 4.69) is 25.2 Å². The average Bonchev–Trinajstić information content (AvgIpc) is 2.68. The summed E-state index contributed by atoms with van der Waals surface area (Å²) in [5.74, 6) is 0.128. The molecule has 1 amide bonds. The van der Waals surface area contributed by atoms with Crippen molar-refractivity contribution >= 4 is 17.5 Å². The minimum atomic E-state index is -0.204. The second-order valence-corrected chi connectivity index (χ2v) is 7.12. The van der Waals surface area contributed by atoms with Crippen molar-refractivity contribution in [1.29, 1.82) is 0 Å². The van der Waals surface area contributed by atoms with E-state index >= 15 is 0 Å². The molecule has 0 saturated carbocycles. The number of likely N-dealkylation sites (N-methyl/N-ethyl adjacent to an activating group) is 1. The summed E-state index contributed by atoms with van der Waals surface area (Å²) in [6, 6.07) is 6.02. The highest BCUT2D eigenvalue weighted by atomic mass is 35.5. The molecule has 1 N–H and O–H groups in total. The topological polar surface area (TPSA) is 32.3 Å². The number of carbonyl (C=O) groups excluding carboxylic acids is 1. The molecule has 2 unspecified atom stereocenters. The molecule has 0 heterocycles. The third-order valence-corrected chi connectivity index (χ3v) is 4.72. The van der Waals surface area contributed by atoms with Gasteiger partial charge in [0, 0.05) is 24.7 Å². The van der Waals surface area contributed by atoms with Crippen LogP contribution in [-0.4, -0.2) is 30.4 Å². The molecule has 4 heteroatoms. The molecule has 0 fully saturated rings. The quantitative estimate of drug-likeness (QED) is 0.924. The molecule has 1 aromatic carbocycles. The Morgan fingerprint density at radius 3 is 2.81 bits per heavy atom. The van der Waals surface area contributed by atoms with Crippen LogP contribution in [0.1, 0.15) is 44.9 Å². The molecule has 1 aliphatic carbocycles. The minimum absolute atomic E-state index is 0.0757. The van der Waals surface area contributed by atoms with E-state index in [-0.39, 0.29) is 23.4 Å². The highest BCUT2D eigenvalue weighted by Crippen LogP contribution is 2.46. The summed E-state index contributed by atoms with van der Waals surface area (Å²) in [7, 11) is 1.84. The SMILES string of the molecule is CCN(C)C(=O)C(C)NC1c2cc(Cl)ccc2CC1(C)C. The number of nitrogens with one attached hydrogen (secondary N) is 1. The van der Waals surface area contributed by atoms with Crippen molar-refractivity contribution in [2.45, 2.75) is 46.2 Å². The first-order chi connectivity index (χ1) is 9.76. The molecule has 1 aliphatic rings. The summed E-state index contributed by atoms with van der Waals surface area (Å²) in [6.07, 6.45) is 1.00. The van der Waals surface area contributed by atoms with Crippen LogP contribution in [0.3, 0.4) is 0 Å². The number of halogens is 1. The third-order valence-electron chi connectivity index (χ3n) is 4.48. The van der Waals surface area contributed by atoms with Crippen LogP contribution in [-0.2, 0) is 11.2 Å². The number of amides is 1. The van der Waals surface area contributed by atoms with Gasteiger partial charge in [-0.25, -0.2) is 0 Å². The van der Waals surface area contributed by atoms with Crippen LogP contribution in [0.15, 0.2) is 18.2 Å². The van der Waals surface area contributed by atoms with E-state index in [0.717, 1.165) is 18.0 Å². The zero-order valence-electron chi connectivity index (χ0n) is 13.5. The Labute approximate surface area is 132 Å². The molecule has 1 aromatic rings. The first-order valence-corrected chi connectivity index (χ1v) is 7.93. The van der Waals surface area contributed by atoms with Crippen LogP contribution >= 0.6 is 11.6 Å². The maximum atomic E-state index is 12.3. The number of carbonyl (C=O) groups is 1. The molecular weight excluding hydrogens is 284 g/mol. The number of hydrogen-bond acceptors (Lipinski definition) is 2. The van der Waals surface area contributed by atoms with Crippen LogP contribution in [0.25, 0.3) is 0 Å². The molecule has 116 valence electrons. The molecule has 2 rings (SSSR count). The second-order valence-electron chi connectivity index (χ2n) is 6.68. The van der Waals surface area contributed by atoms with Gasteiger partial charge in [-0.3, -0.25) is 10.1 Å². The molecule has 3 nitrogen and oxygen atoms in total. The Bertz CT molecular complexity index is 542. The van der Waals surface area contributed by atoms with Gasteiger partial charge in [-0.15, -0.1) is 0 Å². The Hall–Kier alpha value is -1.06. The van der Waals surface area contributed by atoms with E-state index in [9.17, 15) is 4.79 Å². The molecular formula is C17H25ClN2O. The third kappa shape index (κ3) is 3.24. The largest absolute Gasteiger partial charge is 0.345 e. The normalized spacial score (nSPS) is 21.0. The fourth-order valence-corrected chi connectivity index (χ4v) is 3.31. The predicted octanol–water partition coefficient (Wildman–Crippen LogP) is 3.42. The van der Waals surface area contributed by atoms with Crippen molar-refractivity contribution in [3.8, 4) is 0 Å². The molecule has 0 aliphatic heterocycles. The van der Waals surface area contributed by atoms with Gasteiger partial charge in [-0.2, -0.15) is 0 Å². The first kappa shape index (κ1) is 16.3. The van der Waals surface area contributed by atoms with E-state index in [1.807, 2.05) is 33.0 Å². The number of nitrogens with zero attached hydrogens (tertiary/aromatic N) is 1. The summed E-state index contributed by atoms with van der Waals surface area (Å²) in [4.78, 5) is 14.0. The summed E-state index contributed by atoms with van der Waals surface area (Å²) in [5.41, 5.74) is 2.63. The van der Waals surface area contributed by atoms with Gasteiger partial charge in [0.05, 0.1) is 6.04 Å². The summed E-state index contributed by atoms with van der Waals surface area (Å²) < 4.78 is 0. The summed E-state index contributed by atoms with van der Waals surface area (Å²) in [6.45, 7) is 9.12. The van der Waals surface area contributed by atoms with Crippen LogP contribution in [0.4, 0.5) is 0 Å². The van der Waals surface area contributed by atoms with Crippen LogP contribution in [0.2, 0.25) is 5.02 Å². The highest BCUT2D eigenvalue weighted by Gasteiger charge is 2.40. The minimum Gasteiger partial charge on any atom is -0.345 e. The molecule has 0 saturated heterocycles. The predicted molar refractivity (Wildman–Crippen MR) is 87.6 cm³/mol. The van der Waals surface area contributed by atoms with Crippen molar-refractivity contribution < 1.29 is 4.79 Å². The first-order valence-electron chi connectivity index (χ1n) is 7.55. The Morgan fingerprint density at radius 2 is 2.19 bits per heavy atom. The Morgan fingerprint density at radius 1 is 1.52 bits per heavy atom. The maximum Gasteiger partial charge on any atom is 0.239 e. The van der Waals surface area contributed by atoms with Gasteiger partial charge in [0.2, 0.25) is 5.91 Å². The number of benzene rings is 1. The molecule has 21 heavy (non-hydrogen) atoms. The fourth-order valence-electron chi connectivity index (χ4n) is 3.13. The number of rotatable bonds is 4. The zero-order valence-corrected chi connectivity index (χ0v) is 14.3. The average molecular weight is 309 g/mol. The van der Waals surface area contributed by atoms with Crippen molar-refractivity contribution in [2.75, 3.05) is 13.6 Å². The second kappa shape index (κ2) is 5.98. The van der Waals surface area contributed by atoms with Gasteiger partial charge in [0.15, 0.2) is 0 Å². The molecule has 0 aromatic heterocycles. The lowest BCUT2D eigenvalue weighted by Gasteiger charge is -2.32. The van der Waals surface area contributed by atoms with Crippen LogP contribution in [0, 0.1) is 5.41 Å². The number of hydrogen-bond donors (Lipinski definition) is 1. The smallest absolute Gasteiger partial charge is 0.239 e. The van der Waals surface area contributed by atoms with Crippen LogP contribution in [0.5, 0.6) is 0 Å². The molecule has 0 spiro atoms. The zero-order chi connectivity index (χ0) is 15.8. The monoisotopic (exact) mass is 308 g/mol. The van der Waals surface area contributed by atoms with E-state index in [0.29, 0.717) is 0 Å².